The lowest BCUT2D eigenvalue weighted by molar-refractivity contribution is -0.201. The molecule has 1 saturated carbocycles. The maximum absolute atomic E-state index is 15.0. The van der Waals surface area contributed by atoms with Gasteiger partial charge in [-0.15, -0.1) is 0 Å². The van der Waals surface area contributed by atoms with Crippen LogP contribution >= 0.6 is 0 Å². The molecule has 360 valence electrons. The first-order valence-corrected chi connectivity index (χ1v) is 24.4. The molecule has 1 fully saturated rings. The van der Waals surface area contributed by atoms with Crippen molar-refractivity contribution in [2.45, 2.75) is 128 Å². The number of carbonyl (C=O) groups excluding carboxylic acids is 2. The van der Waals surface area contributed by atoms with Crippen LogP contribution in [0.4, 0.5) is 0 Å². The van der Waals surface area contributed by atoms with E-state index in [-0.39, 0.29) is 61.2 Å². The van der Waals surface area contributed by atoms with E-state index in [0.717, 1.165) is 56.1 Å². The number of rotatable bonds is 13. The van der Waals surface area contributed by atoms with Crippen molar-refractivity contribution < 1.29 is 48.3 Å². The topological polar surface area (TPSA) is 162 Å². The van der Waals surface area contributed by atoms with Gasteiger partial charge in [0.25, 0.3) is 0 Å². The van der Waals surface area contributed by atoms with E-state index in [1.165, 1.54) is 23.8 Å². The summed E-state index contributed by atoms with van der Waals surface area (Å²) in [6.45, 7) is 2.63. The van der Waals surface area contributed by atoms with Gasteiger partial charge in [0, 0.05) is 48.5 Å². The van der Waals surface area contributed by atoms with Gasteiger partial charge < -0.3 is 38.7 Å². The van der Waals surface area contributed by atoms with E-state index >= 15 is 0 Å². The number of hydrogen-bond acceptors (Lipinski definition) is 11. The van der Waals surface area contributed by atoms with E-state index in [1.807, 2.05) is 13.0 Å². The van der Waals surface area contributed by atoms with Crippen molar-refractivity contribution in [2.24, 2.45) is 11.8 Å². The second-order valence-corrected chi connectivity index (χ2v) is 19.3. The molecule has 4 aliphatic rings. The molecule has 9 rings (SSSR count). The number of ether oxygens (including phenoxy) is 4. The summed E-state index contributed by atoms with van der Waals surface area (Å²) in [5.74, 6) is -1.66. The van der Waals surface area contributed by atoms with E-state index in [1.54, 1.807) is 19.1 Å². The number of hydrogen-bond donors (Lipinski definition) is 3. The molecule has 0 amide bonds. The van der Waals surface area contributed by atoms with Crippen LogP contribution in [0.5, 0.6) is 5.75 Å². The third-order valence-corrected chi connectivity index (χ3v) is 14.7. The fourth-order valence-corrected chi connectivity index (χ4v) is 11.0. The lowest BCUT2D eigenvalue weighted by Crippen LogP contribution is -2.58. The van der Waals surface area contributed by atoms with Crippen molar-refractivity contribution in [3.63, 3.8) is 0 Å². The zero-order valence-electron chi connectivity index (χ0n) is 39.7. The van der Waals surface area contributed by atoms with Crippen molar-refractivity contribution in [2.75, 3.05) is 26.9 Å². The van der Waals surface area contributed by atoms with Crippen LogP contribution in [-0.2, 0) is 56.1 Å². The highest BCUT2D eigenvalue weighted by Crippen LogP contribution is 2.52. The molecule has 4 aromatic carbocycles. The Morgan fingerprint density at radius 2 is 1.56 bits per heavy atom. The monoisotopic (exact) mass is 926 g/mol. The first-order valence-electron chi connectivity index (χ1n) is 24.4. The van der Waals surface area contributed by atoms with Crippen molar-refractivity contribution in [3.8, 4) is 5.75 Å². The molecule has 11 nitrogen and oxygen atoms in total. The molecule has 0 saturated heterocycles. The highest BCUT2D eigenvalue weighted by atomic mass is 16.6. The molecule has 3 aliphatic heterocycles. The third kappa shape index (κ3) is 10.8. The Hall–Kier alpha value is -5.59. The Bertz CT molecular complexity index is 2620. The number of methoxy groups -OCH3 is 1. The highest BCUT2D eigenvalue weighted by molar-refractivity contribution is 5.90. The summed E-state index contributed by atoms with van der Waals surface area (Å²) in [5.41, 5.74) is 5.35. The van der Waals surface area contributed by atoms with Gasteiger partial charge in [-0.25, -0.2) is 9.59 Å². The second kappa shape index (κ2) is 22.2. The van der Waals surface area contributed by atoms with Crippen molar-refractivity contribution in [3.05, 3.63) is 157 Å². The largest absolute Gasteiger partial charge is 0.483 e. The molecule has 2 bridgehead atoms. The number of benzene rings is 4. The van der Waals surface area contributed by atoms with Crippen LogP contribution in [0.1, 0.15) is 128 Å². The standard InChI is InChI=1S/C57H66O11/c1-36(33-59)45-24-23-37-17-19-40(20-18-37)31-42(22-21-39-13-10-14-41(30-39)29-38-11-6-4-7-12-38)32-49(61)65-53-51-48(68-57(2,54(53)67-55(45)62)44-15-8-5-9-16-44)26-25-46-47(34-60)50(56(63)66-52(46)51)43(27-28-58)35-64-3/h4,6-7,10-14,17-20,25-26,30,42-44,53-54,58-60H,5,8-9,15-16,21-24,27-29,31-35H2,1-3H3/b45-36-/t42-,43-,53-,54+,57+/m1/s1. The number of aliphatic hydroxyl groups excluding tert-OH is 3. The van der Waals surface area contributed by atoms with Gasteiger partial charge in [-0.2, -0.15) is 0 Å². The van der Waals surface area contributed by atoms with E-state index in [2.05, 4.69) is 72.8 Å². The molecule has 5 aromatic rings. The van der Waals surface area contributed by atoms with Gasteiger partial charge in [0.2, 0.25) is 0 Å². The maximum Gasteiger partial charge on any atom is 0.340 e. The second-order valence-electron chi connectivity index (χ2n) is 19.3. The average Bonchev–Trinajstić information content (AvgIpc) is 3.34. The molecule has 3 N–H and O–H groups in total. The molecule has 1 aliphatic carbocycles. The lowest BCUT2D eigenvalue weighted by Gasteiger charge is -2.50. The molecule has 5 atom stereocenters. The predicted octanol–water partition coefficient (Wildman–Crippen LogP) is 9.35. The van der Waals surface area contributed by atoms with Gasteiger partial charge in [-0.1, -0.05) is 98.1 Å². The smallest absolute Gasteiger partial charge is 0.340 e. The Morgan fingerprint density at radius 1 is 0.824 bits per heavy atom. The first kappa shape index (κ1) is 48.9. The number of fused-ring (bicyclic) bond motifs is 13. The summed E-state index contributed by atoms with van der Waals surface area (Å²) in [6, 6.07) is 30.8. The summed E-state index contributed by atoms with van der Waals surface area (Å²) in [5, 5.41) is 31.8. The molecular weight excluding hydrogens is 861 g/mol. The number of carbonyl (C=O) groups is 2. The first-order chi connectivity index (χ1) is 33.0. The highest BCUT2D eigenvalue weighted by Gasteiger charge is 2.56. The Kier molecular flexibility index (Phi) is 16.0. The SMILES string of the molecule is COC[C@@H](CCO)c1c(CO)c2ccc3c(c2oc1=O)[C@H]1OC(=O)C[C@H](CCc2cccc(Cc4ccccc4)c2)Cc2ccc(cc2)CC/C(=C(\C)CO)C(=O)O[C@@H]1[C@](C)(C1CCCCC1)O3. The van der Waals surface area contributed by atoms with Crippen LogP contribution in [0.2, 0.25) is 0 Å². The Morgan fingerprint density at radius 3 is 2.28 bits per heavy atom. The van der Waals surface area contributed by atoms with E-state index in [0.29, 0.717) is 53.5 Å². The lowest BCUT2D eigenvalue weighted by atomic mass is 9.71. The molecule has 68 heavy (non-hydrogen) atoms. The summed E-state index contributed by atoms with van der Waals surface area (Å²) < 4.78 is 32.3. The van der Waals surface area contributed by atoms with Crippen LogP contribution in [0.3, 0.4) is 0 Å². The van der Waals surface area contributed by atoms with Gasteiger partial charge in [0.05, 0.1) is 25.4 Å². The molecule has 0 spiro atoms. The Balaban J connectivity index is 1.24. The van der Waals surface area contributed by atoms with Crippen molar-refractivity contribution in [1.29, 1.82) is 0 Å². The summed E-state index contributed by atoms with van der Waals surface area (Å²) in [7, 11) is 1.50. The van der Waals surface area contributed by atoms with E-state index in [4.69, 9.17) is 23.4 Å². The normalized spacial score (nSPS) is 22.7. The fourth-order valence-electron chi connectivity index (χ4n) is 11.0. The number of aryl methyl sites for hydroxylation is 2. The van der Waals surface area contributed by atoms with E-state index < -0.39 is 47.9 Å². The average molecular weight is 927 g/mol. The van der Waals surface area contributed by atoms with Gasteiger partial charge in [-0.05, 0) is 129 Å². The van der Waals surface area contributed by atoms with Gasteiger partial charge in [0.1, 0.15) is 16.9 Å². The molecule has 11 heteroatoms. The van der Waals surface area contributed by atoms with Crippen LogP contribution < -0.4 is 10.4 Å². The Labute approximate surface area is 399 Å². The summed E-state index contributed by atoms with van der Waals surface area (Å²) in [4.78, 5) is 44.0. The molecule has 1 aromatic heterocycles. The van der Waals surface area contributed by atoms with Gasteiger partial charge >= 0.3 is 17.6 Å². The quantitative estimate of drug-likeness (QED) is 0.0586. The van der Waals surface area contributed by atoms with Crippen LogP contribution in [-0.4, -0.2) is 65.9 Å². The third-order valence-electron chi connectivity index (χ3n) is 14.7. The van der Waals surface area contributed by atoms with Crippen LogP contribution in [0.25, 0.3) is 11.0 Å². The molecular formula is C57H66O11. The van der Waals surface area contributed by atoms with Crippen molar-refractivity contribution in [1.82, 2.24) is 0 Å². The van der Waals surface area contributed by atoms with Gasteiger partial charge in [-0.3, -0.25) is 4.79 Å². The summed E-state index contributed by atoms with van der Waals surface area (Å²) in [6.07, 6.45) is 5.93. The van der Waals surface area contributed by atoms with E-state index in [9.17, 15) is 29.7 Å². The minimum Gasteiger partial charge on any atom is -0.483 e. The van der Waals surface area contributed by atoms with Crippen LogP contribution in [0.15, 0.2) is 111 Å². The van der Waals surface area contributed by atoms with Gasteiger partial charge in [0.15, 0.2) is 12.2 Å². The minimum atomic E-state index is -1.30. The zero-order valence-corrected chi connectivity index (χ0v) is 39.7. The van der Waals surface area contributed by atoms with Crippen LogP contribution in [0, 0.1) is 11.8 Å². The zero-order chi connectivity index (χ0) is 47.8. The molecule has 0 radical (unpaired) electrons. The summed E-state index contributed by atoms with van der Waals surface area (Å²) >= 11 is 0. The minimum absolute atomic E-state index is 0.0493. The number of aliphatic hydroxyl groups is 3. The maximum atomic E-state index is 15.0. The number of esters is 2. The molecule has 4 heterocycles. The fraction of sp³-hybridized carbons (Fsp3) is 0.456. The molecule has 0 unspecified atom stereocenters. The van der Waals surface area contributed by atoms with Crippen molar-refractivity contribution >= 4 is 22.9 Å². The predicted molar refractivity (Wildman–Crippen MR) is 259 cm³/mol.